The number of ether oxygens (including phenoxy) is 1. The van der Waals surface area contributed by atoms with Gasteiger partial charge in [-0.3, -0.25) is 4.79 Å². The molecular weight excluding hydrogens is 208 g/mol. The van der Waals surface area contributed by atoms with Crippen LogP contribution in [0.1, 0.15) is 16.2 Å². The molecule has 86 valence electrons. The molecule has 0 atom stereocenters. The molecule has 0 aromatic carbocycles. The average Bonchev–Trinajstić information content (AvgIpc) is 2.29. The molecule has 1 saturated heterocycles. The predicted molar refractivity (Wildman–Crippen MR) is 58.3 cm³/mol. The number of morpholine rings is 1. The smallest absolute Gasteiger partial charge is 0.267 e. The second-order valence-electron chi connectivity index (χ2n) is 3.66. The van der Waals surface area contributed by atoms with Crippen LogP contribution in [-0.2, 0) is 4.74 Å². The zero-order chi connectivity index (χ0) is 11.5. The number of aryl methyl sites for hydroxylation is 1. The minimum Gasteiger partial charge on any atom is -0.378 e. The quantitative estimate of drug-likeness (QED) is 0.744. The van der Waals surface area contributed by atoms with E-state index in [4.69, 9.17) is 10.5 Å². The number of primary amides is 1. The van der Waals surface area contributed by atoms with Crippen molar-refractivity contribution in [3.63, 3.8) is 0 Å². The second kappa shape index (κ2) is 4.44. The molecule has 0 saturated carbocycles. The monoisotopic (exact) mass is 222 g/mol. The molecule has 2 rings (SSSR count). The Hall–Kier alpha value is -1.69. The van der Waals surface area contributed by atoms with Crippen molar-refractivity contribution in [3.05, 3.63) is 17.5 Å². The molecule has 0 spiro atoms. The fourth-order valence-electron chi connectivity index (χ4n) is 1.58. The zero-order valence-electron chi connectivity index (χ0n) is 9.14. The first-order chi connectivity index (χ1) is 7.66. The Morgan fingerprint density at radius 2 is 2.12 bits per heavy atom. The maximum absolute atomic E-state index is 11.1. The van der Waals surface area contributed by atoms with E-state index in [0.29, 0.717) is 19.2 Å². The summed E-state index contributed by atoms with van der Waals surface area (Å²) < 4.78 is 5.24. The minimum atomic E-state index is -0.528. The molecule has 0 bridgehead atoms. The molecular formula is C10H14N4O2. The lowest BCUT2D eigenvalue weighted by atomic mass is 10.3. The maximum Gasteiger partial charge on any atom is 0.267 e. The van der Waals surface area contributed by atoms with Crippen molar-refractivity contribution in [1.29, 1.82) is 0 Å². The Morgan fingerprint density at radius 1 is 1.44 bits per heavy atom. The molecule has 1 aromatic rings. The normalized spacial score (nSPS) is 16.2. The van der Waals surface area contributed by atoms with Gasteiger partial charge in [-0.2, -0.15) is 0 Å². The number of aromatic nitrogens is 2. The zero-order valence-corrected chi connectivity index (χ0v) is 9.14. The summed E-state index contributed by atoms with van der Waals surface area (Å²) in [5.74, 6) is 0.0251. The number of carbonyl (C=O) groups excluding carboxylic acids is 1. The van der Waals surface area contributed by atoms with Gasteiger partial charge in [0.2, 0.25) is 5.95 Å². The van der Waals surface area contributed by atoms with Gasteiger partial charge in [-0.1, -0.05) is 0 Å². The number of carbonyl (C=O) groups is 1. The van der Waals surface area contributed by atoms with Crippen LogP contribution in [0.2, 0.25) is 0 Å². The van der Waals surface area contributed by atoms with Gasteiger partial charge in [0.1, 0.15) is 5.69 Å². The van der Waals surface area contributed by atoms with Crippen LogP contribution in [0.15, 0.2) is 6.07 Å². The van der Waals surface area contributed by atoms with Crippen LogP contribution in [0.3, 0.4) is 0 Å². The molecule has 0 radical (unpaired) electrons. The van der Waals surface area contributed by atoms with E-state index in [2.05, 4.69) is 9.97 Å². The van der Waals surface area contributed by atoms with Crippen molar-refractivity contribution >= 4 is 11.9 Å². The lowest BCUT2D eigenvalue weighted by Gasteiger charge is -2.27. The standard InChI is InChI=1S/C10H14N4O2/c1-7-6-8(9(11)15)13-10(12-7)14-2-4-16-5-3-14/h6H,2-5H2,1H3,(H2,11,15). The summed E-state index contributed by atoms with van der Waals surface area (Å²) in [6, 6.07) is 1.59. The number of nitrogens with zero attached hydrogens (tertiary/aromatic N) is 3. The fourth-order valence-corrected chi connectivity index (χ4v) is 1.58. The topological polar surface area (TPSA) is 81.3 Å². The summed E-state index contributed by atoms with van der Waals surface area (Å²) in [5, 5.41) is 0. The molecule has 16 heavy (non-hydrogen) atoms. The summed E-state index contributed by atoms with van der Waals surface area (Å²) >= 11 is 0. The van der Waals surface area contributed by atoms with E-state index in [1.807, 2.05) is 11.8 Å². The summed E-state index contributed by atoms with van der Waals surface area (Å²) in [7, 11) is 0. The molecule has 0 unspecified atom stereocenters. The third-order valence-electron chi connectivity index (χ3n) is 2.39. The Balaban J connectivity index is 2.28. The number of anilines is 1. The van der Waals surface area contributed by atoms with Crippen molar-refractivity contribution in [2.45, 2.75) is 6.92 Å². The predicted octanol–water partition coefficient (Wildman–Crippen LogP) is -0.279. The SMILES string of the molecule is Cc1cc(C(N)=O)nc(N2CCOCC2)n1. The van der Waals surface area contributed by atoms with Gasteiger partial charge in [0.25, 0.3) is 5.91 Å². The van der Waals surface area contributed by atoms with E-state index < -0.39 is 5.91 Å². The molecule has 1 aliphatic heterocycles. The van der Waals surface area contributed by atoms with Crippen LogP contribution >= 0.6 is 0 Å². The molecule has 2 heterocycles. The highest BCUT2D eigenvalue weighted by atomic mass is 16.5. The van der Waals surface area contributed by atoms with Gasteiger partial charge in [-0.05, 0) is 13.0 Å². The van der Waals surface area contributed by atoms with Crippen LogP contribution in [0.25, 0.3) is 0 Å². The molecule has 2 N–H and O–H groups in total. The summed E-state index contributed by atoms with van der Waals surface area (Å²) in [4.78, 5) is 21.5. The highest BCUT2D eigenvalue weighted by molar-refractivity contribution is 5.91. The molecule has 1 fully saturated rings. The number of amides is 1. The van der Waals surface area contributed by atoms with E-state index in [-0.39, 0.29) is 5.69 Å². The molecule has 1 aliphatic rings. The van der Waals surface area contributed by atoms with Gasteiger partial charge in [-0.15, -0.1) is 0 Å². The first kappa shape index (κ1) is 10.8. The van der Waals surface area contributed by atoms with Crippen LogP contribution in [0.4, 0.5) is 5.95 Å². The van der Waals surface area contributed by atoms with E-state index in [9.17, 15) is 4.79 Å². The summed E-state index contributed by atoms with van der Waals surface area (Å²) in [6.07, 6.45) is 0. The Morgan fingerprint density at radius 3 is 2.75 bits per heavy atom. The van der Waals surface area contributed by atoms with Crippen LogP contribution in [0, 0.1) is 6.92 Å². The molecule has 0 aliphatic carbocycles. The van der Waals surface area contributed by atoms with Crippen LogP contribution in [-0.4, -0.2) is 42.2 Å². The average molecular weight is 222 g/mol. The van der Waals surface area contributed by atoms with Gasteiger partial charge >= 0.3 is 0 Å². The van der Waals surface area contributed by atoms with Crippen LogP contribution in [0.5, 0.6) is 0 Å². The first-order valence-electron chi connectivity index (χ1n) is 5.15. The Kier molecular flexibility index (Phi) is 3.00. The summed E-state index contributed by atoms with van der Waals surface area (Å²) in [6.45, 7) is 4.60. The lowest BCUT2D eigenvalue weighted by molar-refractivity contribution is 0.0995. The van der Waals surface area contributed by atoms with E-state index in [1.54, 1.807) is 6.07 Å². The van der Waals surface area contributed by atoms with Crippen molar-refractivity contribution in [2.24, 2.45) is 5.73 Å². The fraction of sp³-hybridized carbons (Fsp3) is 0.500. The maximum atomic E-state index is 11.1. The number of rotatable bonds is 2. The Labute approximate surface area is 93.4 Å². The van der Waals surface area contributed by atoms with Crippen molar-refractivity contribution in [3.8, 4) is 0 Å². The van der Waals surface area contributed by atoms with E-state index >= 15 is 0 Å². The van der Waals surface area contributed by atoms with Crippen molar-refractivity contribution in [2.75, 3.05) is 31.2 Å². The Bertz CT molecular complexity index is 402. The molecule has 1 aromatic heterocycles. The van der Waals surface area contributed by atoms with E-state index in [1.165, 1.54) is 0 Å². The highest BCUT2D eigenvalue weighted by Gasteiger charge is 2.16. The number of hydrogen-bond donors (Lipinski definition) is 1. The van der Waals surface area contributed by atoms with Gasteiger partial charge in [0.05, 0.1) is 13.2 Å². The number of nitrogens with two attached hydrogens (primary N) is 1. The minimum absolute atomic E-state index is 0.258. The molecule has 6 heteroatoms. The first-order valence-corrected chi connectivity index (χ1v) is 5.15. The van der Waals surface area contributed by atoms with Gasteiger partial charge in [0.15, 0.2) is 0 Å². The summed E-state index contributed by atoms with van der Waals surface area (Å²) in [5.41, 5.74) is 6.21. The van der Waals surface area contributed by atoms with Crippen molar-refractivity contribution in [1.82, 2.24) is 9.97 Å². The third kappa shape index (κ3) is 2.27. The van der Waals surface area contributed by atoms with Gasteiger partial charge < -0.3 is 15.4 Å². The molecule has 6 nitrogen and oxygen atoms in total. The molecule has 1 amide bonds. The third-order valence-corrected chi connectivity index (χ3v) is 2.39. The van der Waals surface area contributed by atoms with E-state index in [0.717, 1.165) is 18.8 Å². The van der Waals surface area contributed by atoms with Gasteiger partial charge in [0, 0.05) is 18.8 Å². The highest BCUT2D eigenvalue weighted by Crippen LogP contribution is 2.11. The van der Waals surface area contributed by atoms with Crippen LogP contribution < -0.4 is 10.6 Å². The second-order valence-corrected chi connectivity index (χ2v) is 3.66. The largest absolute Gasteiger partial charge is 0.378 e. The number of hydrogen-bond acceptors (Lipinski definition) is 5. The lowest BCUT2D eigenvalue weighted by Crippen LogP contribution is -2.37. The van der Waals surface area contributed by atoms with Gasteiger partial charge in [-0.25, -0.2) is 9.97 Å². The van der Waals surface area contributed by atoms with Crippen molar-refractivity contribution < 1.29 is 9.53 Å².